The molecule has 0 radical (unpaired) electrons. The molecule has 0 saturated heterocycles. The largest absolute Gasteiger partial charge is 0.285 e. The molecule has 1 unspecified atom stereocenters. The van der Waals surface area contributed by atoms with Crippen LogP contribution in [0.5, 0.6) is 0 Å². The summed E-state index contributed by atoms with van der Waals surface area (Å²) in [6.07, 6.45) is 5.04. The van der Waals surface area contributed by atoms with Gasteiger partial charge in [-0.15, -0.1) is 0 Å². The van der Waals surface area contributed by atoms with Crippen LogP contribution in [-0.4, -0.2) is 9.78 Å². The highest BCUT2D eigenvalue weighted by Gasteiger charge is 2.34. The number of aromatic nitrogens is 2. The number of alkyl halides is 2. The Morgan fingerprint density at radius 2 is 1.52 bits per heavy atom. The predicted octanol–water partition coefficient (Wildman–Crippen LogP) is 6.36. The molecule has 0 saturated carbocycles. The van der Waals surface area contributed by atoms with Crippen LogP contribution in [0.25, 0.3) is 0 Å². The molecule has 0 aliphatic rings. The summed E-state index contributed by atoms with van der Waals surface area (Å²) in [6.45, 7) is 5.92. The molecular weight excluding hydrogens is 308 g/mol. The molecule has 1 aromatic heterocycles. The summed E-state index contributed by atoms with van der Waals surface area (Å²) in [5.74, 6) is -2.79. The minimum atomic E-state index is -3.11. The molecular formula is C17H28F4N2. The third-order valence-electron chi connectivity index (χ3n) is 4.41. The number of hydrogen-bond donors (Lipinski definition) is 0. The lowest BCUT2D eigenvalue weighted by atomic mass is 9.88. The van der Waals surface area contributed by atoms with Crippen molar-refractivity contribution in [3.63, 3.8) is 0 Å². The Labute approximate surface area is 136 Å². The van der Waals surface area contributed by atoms with E-state index >= 15 is 0 Å². The smallest absolute Gasteiger partial charge is 0.231 e. The number of rotatable bonds is 11. The van der Waals surface area contributed by atoms with Crippen molar-refractivity contribution in [1.82, 2.24) is 9.78 Å². The highest BCUT2D eigenvalue weighted by Crippen LogP contribution is 2.33. The maximum atomic E-state index is 14.1. The summed E-state index contributed by atoms with van der Waals surface area (Å²) in [5, 5.41) is 3.57. The number of nitrogens with zero attached hydrogens (tertiary/aromatic N) is 2. The quantitative estimate of drug-likeness (QED) is 0.339. The van der Waals surface area contributed by atoms with Gasteiger partial charge in [-0.2, -0.15) is 13.9 Å². The SMILES string of the molecule is CCCCCCCC(C)(CCCC)n1nc(C(F)F)c(F)c1F. The van der Waals surface area contributed by atoms with Crippen molar-refractivity contribution in [3.05, 3.63) is 17.5 Å². The fourth-order valence-corrected chi connectivity index (χ4v) is 2.90. The lowest BCUT2D eigenvalue weighted by molar-refractivity contribution is 0.137. The average Bonchev–Trinajstić information content (AvgIpc) is 2.82. The van der Waals surface area contributed by atoms with Gasteiger partial charge in [-0.05, 0) is 19.8 Å². The highest BCUT2D eigenvalue weighted by atomic mass is 19.3. The van der Waals surface area contributed by atoms with Crippen molar-refractivity contribution in [3.8, 4) is 0 Å². The van der Waals surface area contributed by atoms with Crippen LogP contribution < -0.4 is 0 Å². The van der Waals surface area contributed by atoms with Gasteiger partial charge in [0.2, 0.25) is 11.8 Å². The molecule has 23 heavy (non-hydrogen) atoms. The van der Waals surface area contributed by atoms with Gasteiger partial charge >= 0.3 is 0 Å². The van der Waals surface area contributed by atoms with E-state index in [0.29, 0.717) is 12.8 Å². The Bertz CT molecular complexity index is 473. The molecule has 6 heteroatoms. The van der Waals surface area contributed by atoms with Crippen molar-refractivity contribution < 1.29 is 17.6 Å². The van der Waals surface area contributed by atoms with E-state index in [1.165, 1.54) is 0 Å². The van der Waals surface area contributed by atoms with Gasteiger partial charge in [0.1, 0.15) is 0 Å². The van der Waals surface area contributed by atoms with Crippen LogP contribution in [0.4, 0.5) is 17.6 Å². The Kier molecular flexibility index (Phi) is 8.06. The molecule has 0 fully saturated rings. The monoisotopic (exact) mass is 336 g/mol. The third-order valence-corrected chi connectivity index (χ3v) is 4.41. The third kappa shape index (κ3) is 5.21. The van der Waals surface area contributed by atoms with Crippen molar-refractivity contribution in [2.75, 3.05) is 0 Å². The van der Waals surface area contributed by atoms with Gasteiger partial charge in [0.25, 0.3) is 6.43 Å². The first-order valence-corrected chi connectivity index (χ1v) is 8.60. The van der Waals surface area contributed by atoms with E-state index in [9.17, 15) is 17.6 Å². The minimum Gasteiger partial charge on any atom is -0.231 e. The highest BCUT2D eigenvalue weighted by molar-refractivity contribution is 5.08. The van der Waals surface area contributed by atoms with Crippen LogP contribution in [0.15, 0.2) is 0 Å². The topological polar surface area (TPSA) is 17.8 Å². The maximum Gasteiger partial charge on any atom is 0.285 e. The molecule has 134 valence electrons. The van der Waals surface area contributed by atoms with E-state index in [-0.39, 0.29) is 0 Å². The van der Waals surface area contributed by atoms with Crippen molar-refractivity contribution in [2.45, 2.75) is 90.5 Å². The molecule has 1 heterocycles. The normalized spacial score (nSPS) is 14.4. The summed E-state index contributed by atoms with van der Waals surface area (Å²) < 4.78 is 54.2. The number of unbranched alkanes of at least 4 members (excludes halogenated alkanes) is 5. The molecule has 0 bridgehead atoms. The lowest BCUT2D eigenvalue weighted by Crippen LogP contribution is -2.33. The van der Waals surface area contributed by atoms with Gasteiger partial charge < -0.3 is 0 Å². The van der Waals surface area contributed by atoms with Gasteiger partial charge in [0.15, 0.2) is 5.69 Å². The first-order chi connectivity index (χ1) is 10.9. The first-order valence-electron chi connectivity index (χ1n) is 8.60. The van der Waals surface area contributed by atoms with Crippen LogP contribution in [0.1, 0.15) is 90.7 Å². The van der Waals surface area contributed by atoms with E-state index in [2.05, 4.69) is 12.0 Å². The van der Waals surface area contributed by atoms with E-state index in [1.807, 2.05) is 6.92 Å². The van der Waals surface area contributed by atoms with E-state index in [1.54, 1.807) is 6.92 Å². The molecule has 0 N–H and O–H groups in total. The predicted molar refractivity (Wildman–Crippen MR) is 83.6 cm³/mol. The van der Waals surface area contributed by atoms with Crippen LogP contribution >= 0.6 is 0 Å². The Morgan fingerprint density at radius 1 is 0.957 bits per heavy atom. The Morgan fingerprint density at radius 3 is 2.04 bits per heavy atom. The zero-order chi connectivity index (χ0) is 17.5. The van der Waals surface area contributed by atoms with Crippen LogP contribution in [0.3, 0.4) is 0 Å². The fraction of sp³-hybridized carbons (Fsp3) is 0.824. The van der Waals surface area contributed by atoms with Crippen LogP contribution in [0.2, 0.25) is 0 Å². The first kappa shape index (κ1) is 20.0. The van der Waals surface area contributed by atoms with Gasteiger partial charge in [-0.25, -0.2) is 13.5 Å². The molecule has 0 aliphatic heterocycles. The van der Waals surface area contributed by atoms with E-state index in [4.69, 9.17) is 0 Å². The second-order valence-corrected chi connectivity index (χ2v) is 6.47. The molecule has 0 spiro atoms. The zero-order valence-electron chi connectivity index (χ0n) is 14.3. The maximum absolute atomic E-state index is 14.1. The molecule has 0 aromatic carbocycles. The zero-order valence-corrected chi connectivity index (χ0v) is 14.3. The van der Waals surface area contributed by atoms with Crippen LogP contribution in [-0.2, 0) is 5.54 Å². The van der Waals surface area contributed by atoms with Gasteiger partial charge in [-0.1, -0.05) is 58.8 Å². The molecule has 0 aliphatic carbocycles. The Balaban J connectivity index is 2.93. The molecule has 1 aromatic rings. The van der Waals surface area contributed by atoms with Crippen molar-refractivity contribution in [1.29, 1.82) is 0 Å². The second-order valence-electron chi connectivity index (χ2n) is 6.47. The minimum absolute atomic E-state index is 0.595. The standard InChI is InChI=1S/C17H28F4N2/c1-4-6-8-9-10-12-17(3,11-7-5-2)23-16(21)13(18)14(22-23)15(19)20/h15H,4-12H2,1-3H3. The second kappa shape index (κ2) is 9.28. The van der Waals surface area contributed by atoms with E-state index < -0.39 is 29.4 Å². The summed E-state index contributed by atoms with van der Waals surface area (Å²) in [4.78, 5) is 0. The fourth-order valence-electron chi connectivity index (χ4n) is 2.90. The van der Waals surface area contributed by atoms with Crippen molar-refractivity contribution in [2.24, 2.45) is 0 Å². The summed E-state index contributed by atoms with van der Waals surface area (Å²) in [5.41, 5.74) is -1.85. The molecule has 0 amide bonds. The van der Waals surface area contributed by atoms with Gasteiger partial charge in [0.05, 0.1) is 5.54 Å². The summed E-state index contributed by atoms with van der Waals surface area (Å²) >= 11 is 0. The number of halogens is 4. The molecule has 2 nitrogen and oxygen atoms in total. The Hall–Kier alpha value is -1.07. The summed E-state index contributed by atoms with van der Waals surface area (Å²) in [7, 11) is 0. The molecule has 1 atom stereocenters. The van der Waals surface area contributed by atoms with Gasteiger partial charge in [-0.3, -0.25) is 0 Å². The van der Waals surface area contributed by atoms with E-state index in [0.717, 1.165) is 49.6 Å². The lowest BCUT2D eigenvalue weighted by Gasteiger charge is -2.30. The average molecular weight is 336 g/mol. The number of hydrogen-bond acceptors (Lipinski definition) is 1. The summed E-state index contributed by atoms with van der Waals surface area (Å²) in [6, 6.07) is 0. The van der Waals surface area contributed by atoms with Crippen LogP contribution in [0, 0.1) is 11.8 Å². The van der Waals surface area contributed by atoms with Crippen molar-refractivity contribution >= 4 is 0 Å². The van der Waals surface area contributed by atoms with Gasteiger partial charge in [0, 0.05) is 0 Å². The molecule has 1 rings (SSSR count).